The summed E-state index contributed by atoms with van der Waals surface area (Å²) < 4.78 is 0. The highest BCUT2D eigenvalue weighted by Gasteiger charge is 2.16. The molecule has 1 heteroatoms. The molecular weight excluding hydrogens is 412 g/mol. The molecule has 0 saturated carbocycles. The van der Waals surface area contributed by atoms with Crippen molar-refractivity contribution in [1.82, 2.24) is 0 Å². The van der Waals surface area contributed by atoms with Crippen LogP contribution in [0.25, 0.3) is 0 Å². The van der Waals surface area contributed by atoms with E-state index in [2.05, 4.69) is 58.0 Å². The van der Waals surface area contributed by atoms with E-state index in [4.69, 9.17) is 0 Å². The van der Waals surface area contributed by atoms with E-state index in [9.17, 15) is 0 Å². The Morgan fingerprint density at radius 2 is 1.21 bits per heavy atom. The summed E-state index contributed by atoms with van der Waals surface area (Å²) in [5, 5.41) is 3.47. The Balaban J connectivity index is 1.51. The van der Waals surface area contributed by atoms with Crippen molar-refractivity contribution in [3.8, 4) is 0 Å². The normalized spacial score (nSPS) is 16.1. The molecule has 0 radical (unpaired) electrons. The Kier molecular flexibility index (Phi) is 14.8. The molecule has 1 aromatic rings. The van der Waals surface area contributed by atoms with Crippen LogP contribution in [0, 0.1) is 12.8 Å². The van der Waals surface area contributed by atoms with E-state index >= 15 is 0 Å². The molecule has 0 amide bonds. The van der Waals surface area contributed by atoms with Gasteiger partial charge in [-0.2, -0.15) is 0 Å². The second kappa shape index (κ2) is 17.4. The minimum absolute atomic E-state index is 0.330. The fraction of sp³-hybridized carbons (Fsp3) is 0.688. The van der Waals surface area contributed by atoms with Crippen molar-refractivity contribution in [1.29, 1.82) is 0 Å². The predicted octanol–water partition coefficient (Wildman–Crippen LogP) is 9.07. The molecule has 0 saturated heterocycles. The molecule has 1 aliphatic carbocycles. The molecular formula is C32H54Si. The third-order valence-corrected chi connectivity index (χ3v) is 10.5. The molecule has 2 rings (SSSR count). The molecule has 1 aromatic carbocycles. The molecule has 1 aliphatic rings. The molecule has 1 atom stereocenters. The topological polar surface area (TPSA) is 0 Å². The standard InChI is InChI=1S/C32H54Si/c1-5-6-7-8-9-10-11-12-13-14-15-16-17-18-19-20-23-30-27(2)22-21-24-31(30)33-32-28(3)25-26-29(32)4/h21-22,24-26,28H,5-20,23,33H2,1-4H3. The van der Waals surface area contributed by atoms with E-state index in [1.54, 1.807) is 21.5 Å². The first kappa shape index (κ1) is 28.2. The second-order valence-electron chi connectivity index (χ2n) is 10.8. The van der Waals surface area contributed by atoms with Gasteiger partial charge >= 0.3 is 0 Å². The van der Waals surface area contributed by atoms with E-state index in [0.717, 1.165) is 0 Å². The molecule has 0 aromatic heterocycles. The molecule has 0 heterocycles. The van der Waals surface area contributed by atoms with Gasteiger partial charge in [0.25, 0.3) is 0 Å². The zero-order chi connectivity index (χ0) is 23.7. The number of allylic oxidation sites excluding steroid dienone is 4. The minimum atomic E-state index is -0.330. The third kappa shape index (κ3) is 11.3. The lowest BCUT2D eigenvalue weighted by atomic mass is 10.0. The first-order valence-corrected chi connectivity index (χ1v) is 16.0. The van der Waals surface area contributed by atoms with Crippen LogP contribution in [-0.4, -0.2) is 9.52 Å². The van der Waals surface area contributed by atoms with Gasteiger partial charge in [0, 0.05) is 0 Å². The van der Waals surface area contributed by atoms with Crippen molar-refractivity contribution in [2.75, 3.05) is 0 Å². The van der Waals surface area contributed by atoms with Crippen molar-refractivity contribution in [2.45, 2.75) is 137 Å². The smallest absolute Gasteiger partial charge is 0.0778 e. The zero-order valence-corrected chi connectivity index (χ0v) is 24.1. The van der Waals surface area contributed by atoms with Gasteiger partial charge in [0.05, 0.1) is 9.52 Å². The lowest BCUT2D eigenvalue weighted by molar-refractivity contribution is 0.529. The van der Waals surface area contributed by atoms with Gasteiger partial charge in [-0.05, 0) is 43.7 Å². The number of hydrogen-bond acceptors (Lipinski definition) is 0. The maximum Gasteiger partial charge on any atom is 0.0839 e. The van der Waals surface area contributed by atoms with E-state index in [0.29, 0.717) is 5.92 Å². The van der Waals surface area contributed by atoms with Crippen molar-refractivity contribution < 1.29 is 0 Å². The van der Waals surface area contributed by atoms with Crippen LogP contribution in [0.1, 0.15) is 135 Å². The van der Waals surface area contributed by atoms with Gasteiger partial charge in [-0.25, -0.2) is 0 Å². The maximum atomic E-state index is 2.44. The Bertz CT molecular complexity index is 711. The quantitative estimate of drug-likeness (QED) is 0.141. The zero-order valence-electron chi connectivity index (χ0n) is 22.7. The first-order chi connectivity index (χ1) is 16.1. The highest BCUT2D eigenvalue weighted by atomic mass is 28.2. The molecule has 0 N–H and O–H groups in total. The van der Waals surface area contributed by atoms with Gasteiger partial charge in [-0.1, -0.05) is 156 Å². The van der Waals surface area contributed by atoms with Gasteiger partial charge in [-0.15, -0.1) is 0 Å². The summed E-state index contributed by atoms with van der Waals surface area (Å²) in [4.78, 5) is 0. The third-order valence-electron chi connectivity index (χ3n) is 7.86. The molecule has 1 unspecified atom stereocenters. The molecule has 0 spiro atoms. The summed E-state index contributed by atoms with van der Waals surface area (Å²) in [6, 6.07) is 7.06. The molecule has 0 nitrogen and oxygen atoms in total. The van der Waals surface area contributed by atoms with Crippen LogP contribution in [0.5, 0.6) is 0 Å². The van der Waals surface area contributed by atoms with Gasteiger partial charge in [0.1, 0.15) is 0 Å². The fourth-order valence-corrected chi connectivity index (χ4v) is 7.70. The van der Waals surface area contributed by atoms with E-state index in [1.165, 1.54) is 115 Å². The molecule has 0 fully saturated rings. The predicted molar refractivity (Wildman–Crippen MR) is 154 cm³/mol. The van der Waals surface area contributed by atoms with Gasteiger partial charge < -0.3 is 0 Å². The lowest BCUT2D eigenvalue weighted by Gasteiger charge is -2.16. The fourth-order valence-electron chi connectivity index (χ4n) is 5.51. The number of rotatable bonds is 19. The van der Waals surface area contributed by atoms with Crippen LogP contribution in [0.3, 0.4) is 0 Å². The van der Waals surface area contributed by atoms with E-state index < -0.39 is 0 Å². The van der Waals surface area contributed by atoms with Crippen LogP contribution < -0.4 is 5.19 Å². The molecule has 186 valence electrons. The molecule has 0 aliphatic heterocycles. The van der Waals surface area contributed by atoms with E-state index in [-0.39, 0.29) is 9.52 Å². The van der Waals surface area contributed by atoms with Gasteiger partial charge in [0.2, 0.25) is 0 Å². The summed E-state index contributed by atoms with van der Waals surface area (Å²) >= 11 is 0. The highest BCUT2D eigenvalue weighted by Crippen LogP contribution is 2.24. The summed E-state index contributed by atoms with van der Waals surface area (Å²) in [7, 11) is -0.330. The summed E-state index contributed by atoms with van der Waals surface area (Å²) in [5.74, 6) is 0.667. The Hall–Kier alpha value is -1.08. The Morgan fingerprint density at radius 1 is 0.697 bits per heavy atom. The average Bonchev–Trinajstić information content (AvgIpc) is 3.12. The lowest BCUT2D eigenvalue weighted by Crippen LogP contribution is -2.24. The minimum Gasteiger partial charge on any atom is -0.0778 e. The van der Waals surface area contributed by atoms with Crippen LogP contribution >= 0.6 is 0 Å². The van der Waals surface area contributed by atoms with Crippen LogP contribution in [0.4, 0.5) is 0 Å². The van der Waals surface area contributed by atoms with Crippen LogP contribution in [-0.2, 0) is 6.42 Å². The number of hydrogen-bond donors (Lipinski definition) is 0. The van der Waals surface area contributed by atoms with Crippen LogP contribution in [0.2, 0.25) is 0 Å². The Labute approximate surface area is 209 Å². The van der Waals surface area contributed by atoms with E-state index in [1.807, 2.05) is 0 Å². The number of unbranched alkanes of at least 4 members (excludes halogenated alkanes) is 15. The largest absolute Gasteiger partial charge is 0.0839 e. The monoisotopic (exact) mass is 466 g/mol. The SMILES string of the molecule is CCCCCCCCCCCCCCCCCCc1c(C)cccc1[SiH2]C1=C(C)C=CC1C. The maximum absolute atomic E-state index is 2.44. The van der Waals surface area contributed by atoms with Crippen molar-refractivity contribution in [2.24, 2.45) is 5.92 Å². The van der Waals surface area contributed by atoms with Crippen molar-refractivity contribution in [3.05, 3.63) is 52.2 Å². The number of aryl methyl sites for hydroxylation is 1. The van der Waals surface area contributed by atoms with Gasteiger partial charge in [-0.3, -0.25) is 0 Å². The summed E-state index contributed by atoms with van der Waals surface area (Å²) in [5.41, 5.74) is 4.76. The van der Waals surface area contributed by atoms with Crippen molar-refractivity contribution in [3.63, 3.8) is 0 Å². The Morgan fingerprint density at radius 3 is 1.70 bits per heavy atom. The average molecular weight is 467 g/mol. The first-order valence-electron chi connectivity index (χ1n) is 14.6. The molecule has 33 heavy (non-hydrogen) atoms. The molecule has 0 bridgehead atoms. The van der Waals surface area contributed by atoms with Crippen LogP contribution in [0.15, 0.2) is 41.1 Å². The highest BCUT2D eigenvalue weighted by molar-refractivity contribution is 6.62. The van der Waals surface area contributed by atoms with Gasteiger partial charge in [0.15, 0.2) is 0 Å². The summed E-state index contributed by atoms with van der Waals surface area (Å²) in [6.07, 6.45) is 29.2. The number of benzene rings is 1. The van der Waals surface area contributed by atoms with Crippen molar-refractivity contribution >= 4 is 14.7 Å². The summed E-state index contributed by atoms with van der Waals surface area (Å²) in [6.45, 7) is 9.32. The second-order valence-corrected chi connectivity index (χ2v) is 12.7.